The molecule has 0 aliphatic carbocycles. The summed E-state index contributed by atoms with van der Waals surface area (Å²) in [4.78, 5) is 22.6. The molecule has 90 valence electrons. The second kappa shape index (κ2) is 5.94. The van der Waals surface area contributed by atoms with E-state index in [-0.39, 0.29) is 6.61 Å². The Balaban J connectivity index is 2.89. The predicted molar refractivity (Wildman–Crippen MR) is 61.3 cm³/mol. The SMILES string of the molecule is CCOC(=O)/C(F)=C/C(=O)c1ccccc1C. The van der Waals surface area contributed by atoms with Gasteiger partial charge in [0.2, 0.25) is 5.83 Å². The molecule has 0 aliphatic rings. The maximum atomic E-state index is 13.2. The predicted octanol–water partition coefficient (Wildman–Crippen LogP) is 2.59. The highest BCUT2D eigenvalue weighted by atomic mass is 19.1. The van der Waals surface area contributed by atoms with Crippen molar-refractivity contribution in [1.82, 2.24) is 0 Å². The van der Waals surface area contributed by atoms with Crippen LogP contribution in [0, 0.1) is 6.92 Å². The molecule has 0 spiro atoms. The van der Waals surface area contributed by atoms with Crippen LogP contribution >= 0.6 is 0 Å². The number of ether oxygens (including phenoxy) is 1. The minimum Gasteiger partial charge on any atom is -0.461 e. The van der Waals surface area contributed by atoms with Gasteiger partial charge in [0, 0.05) is 11.6 Å². The first-order valence-electron chi connectivity index (χ1n) is 5.20. The standard InChI is InChI=1S/C13H13FO3/c1-3-17-13(16)11(14)8-12(15)10-7-5-4-6-9(10)2/h4-8H,3H2,1-2H3/b11-8-. The summed E-state index contributed by atoms with van der Waals surface area (Å²) in [6.45, 7) is 3.37. The van der Waals surface area contributed by atoms with Crippen LogP contribution in [0.4, 0.5) is 4.39 Å². The third-order valence-corrected chi connectivity index (χ3v) is 2.14. The molecule has 1 rings (SSSR count). The average Bonchev–Trinajstić information content (AvgIpc) is 2.29. The summed E-state index contributed by atoms with van der Waals surface area (Å²) in [7, 11) is 0. The number of rotatable bonds is 4. The number of esters is 1. The number of aryl methyl sites for hydroxylation is 1. The summed E-state index contributed by atoms with van der Waals surface area (Å²) < 4.78 is 17.7. The monoisotopic (exact) mass is 236 g/mol. The van der Waals surface area contributed by atoms with Crippen LogP contribution in [-0.2, 0) is 9.53 Å². The van der Waals surface area contributed by atoms with Crippen molar-refractivity contribution in [3.05, 3.63) is 47.3 Å². The molecule has 4 heteroatoms. The molecule has 0 aliphatic heterocycles. The van der Waals surface area contributed by atoms with Crippen molar-refractivity contribution in [2.24, 2.45) is 0 Å². The molecule has 0 radical (unpaired) electrons. The van der Waals surface area contributed by atoms with Crippen LogP contribution in [0.2, 0.25) is 0 Å². The Morgan fingerprint density at radius 1 is 1.35 bits per heavy atom. The summed E-state index contributed by atoms with van der Waals surface area (Å²) in [6.07, 6.45) is 0.653. The fourth-order valence-corrected chi connectivity index (χ4v) is 1.30. The second-order valence-corrected chi connectivity index (χ2v) is 3.39. The van der Waals surface area contributed by atoms with Crippen molar-refractivity contribution in [2.45, 2.75) is 13.8 Å². The lowest BCUT2D eigenvalue weighted by Gasteiger charge is -2.01. The first-order chi connectivity index (χ1) is 8.06. The lowest BCUT2D eigenvalue weighted by Crippen LogP contribution is -2.07. The molecule has 0 atom stereocenters. The second-order valence-electron chi connectivity index (χ2n) is 3.39. The smallest absolute Gasteiger partial charge is 0.367 e. The first kappa shape index (κ1) is 13.1. The summed E-state index contributed by atoms with van der Waals surface area (Å²) in [5.74, 6) is -2.84. The van der Waals surface area contributed by atoms with E-state index in [2.05, 4.69) is 4.74 Å². The highest BCUT2D eigenvalue weighted by Crippen LogP contribution is 2.10. The number of benzene rings is 1. The molecule has 0 saturated heterocycles. The van der Waals surface area contributed by atoms with Gasteiger partial charge in [0.1, 0.15) is 0 Å². The highest BCUT2D eigenvalue weighted by Gasteiger charge is 2.13. The molecule has 0 aromatic heterocycles. The topological polar surface area (TPSA) is 43.4 Å². The van der Waals surface area contributed by atoms with E-state index in [0.717, 1.165) is 5.56 Å². The van der Waals surface area contributed by atoms with Gasteiger partial charge in [-0.2, -0.15) is 4.39 Å². The third kappa shape index (κ3) is 3.52. The van der Waals surface area contributed by atoms with Gasteiger partial charge in [-0.3, -0.25) is 4.79 Å². The molecule has 0 N–H and O–H groups in total. The van der Waals surface area contributed by atoms with E-state index in [4.69, 9.17) is 0 Å². The maximum absolute atomic E-state index is 13.2. The number of hydrogen-bond donors (Lipinski definition) is 0. The van der Waals surface area contributed by atoms with Gasteiger partial charge in [0.25, 0.3) is 0 Å². The number of ketones is 1. The Morgan fingerprint density at radius 2 is 2.00 bits per heavy atom. The minimum atomic E-state index is -1.18. The zero-order valence-corrected chi connectivity index (χ0v) is 9.70. The van der Waals surface area contributed by atoms with Crippen LogP contribution < -0.4 is 0 Å². The van der Waals surface area contributed by atoms with Crippen LogP contribution in [0.15, 0.2) is 36.2 Å². The van der Waals surface area contributed by atoms with Crippen molar-refractivity contribution in [3.63, 3.8) is 0 Å². The normalized spacial score (nSPS) is 11.1. The largest absolute Gasteiger partial charge is 0.461 e. The van der Waals surface area contributed by atoms with Crippen molar-refractivity contribution < 1.29 is 18.7 Å². The van der Waals surface area contributed by atoms with Crippen molar-refractivity contribution in [3.8, 4) is 0 Å². The molecule has 1 aromatic carbocycles. The van der Waals surface area contributed by atoms with Gasteiger partial charge in [-0.1, -0.05) is 24.3 Å². The van der Waals surface area contributed by atoms with E-state index in [1.54, 1.807) is 38.1 Å². The molecule has 0 fully saturated rings. The van der Waals surface area contributed by atoms with Gasteiger partial charge >= 0.3 is 5.97 Å². The van der Waals surface area contributed by atoms with E-state index in [9.17, 15) is 14.0 Å². The Labute approximate surface area is 98.9 Å². The number of carbonyl (C=O) groups is 2. The fraction of sp³-hybridized carbons (Fsp3) is 0.231. The molecule has 0 bridgehead atoms. The number of carbonyl (C=O) groups excluding carboxylic acids is 2. The fourth-order valence-electron chi connectivity index (χ4n) is 1.30. The molecule has 1 aromatic rings. The van der Waals surface area contributed by atoms with Crippen molar-refractivity contribution >= 4 is 11.8 Å². The minimum absolute atomic E-state index is 0.0681. The Hall–Kier alpha value is -1.97. The van der Waals surface area contributed by atoms with E-state index >= 15 is 0 Å². The number of halogens is 1. The van der Waals surface area contributed by atoms with Gasteiger partial charge in [0.15, 0.2) is 5.78 Å². The van der Waals surface area contributed by atoms with Gasteiger partial charge in [-0.05, 0) is 19.4 Å². The van der Waals surface area contributed by atoms with Gasteiger partial charge in [0.05, 0.1) is 6.61 Å². The van der Waals surface area contributed by atoms with Crippen LogP contribution in [0.25, 0.3) is 0 Å². The first-order valence-corrected chi connectivity index (χ1v) is 5.20. The van der Waals surface area contributed by atoms with E-state index < -0.39 is 17.6 Å². The van der Waals surface area contributed by atoms with Crippen LogP contribution in [0.3, 0.4) is 0 Å². The van der Waals surface area contributed by atoms with Gasteiger partial charge in [-0.25, -0.2) is 4.79 Å². The molecule has 0 amide bonds. The summed E-state index contributed by atoms with van der Waals surface area (Å²) in [6, 6.07) is 6.77. The summed E-state index contributed by atoms with van der Waals surface area (Å²) >= 11 is 0. The van der Waals surface area contributed by atoms with Crippen LogP contribution in [-0.4, -0.2) is 18.4 Å². The van der Waals surface area contributed by atoms with Gasteiger partial charge in [-0.15, -0.1) is 0 Å². The van der Waals surface area contributed by atoms with Crippen LogP contribution in [0.1, 0.15) is 22.8 Å². The lowest BCUT2D eigenvalue weighted by atomic mass is 10.0. The molecule has 17 heavy (non-hydrogen) atoms. The van der Waals surface area contributed by atoms with Crippen molar-refractivity contribution in [2.75, 3.05) is 6.61 Å². The molecule has 0 saturated carbocycles. The van der Waals surface area contributed by atoms with E-state index in [1.807, 2.05) is 0 Å². The highest BCUT2D eigenvalue weighted by molar-refractivity contribution is 6.08. The Morgan fingerprint density at radius 3 is 2.59 bits per heavy atom. The third-order valence-electron chi connectivity index (χ3n) is 2.14. The molecular weight excluding hydrogens is 223 g/mol. The number of hydrogen-bond acceptors (Lipinski definition) is 3. The number of allylic oxidation sites excluding steroid dienone is 1. The molecular formula is C13H13FO3. The Kier molecular flexibility index (Phi) is 4.57. The lowest BCUT2D eigenvalue weighted by molar-refractivity contribution is -0.140. The summed E-state index contributed by atoms with van der Waals surface area (Å²) in [5, 5.41) is 0. The van der Waals surface area contributed by atoms with E-state index in [0.29, 0.717) is 11.6 Å². The molecule has 0 unspecified atom stereocenters. The van der Waals surface area contributed by atoms with Crippen molar-refractivity contribution in [1.29, 1.82) is 0 Å². The van der Waals surface area contributed by atoms with Crippen LogP contribution in [0.5, 0.6) is 0 Å². The maximum Gasteiger partial charge on any atom is 0.367 e. The Bertz CT molecular complexity index is 463. The summed E-state index contributed by atoms with van der Waals surface area (Å²) in [5.41, 5.74) is 1.09. The zero-order valence-electron chi connectivity index (χ0n) is 9.70. The molecule has 3 nitrogen and oxygen atoms in total. The van der Waals surface area contributed by atoms with E-state index in [1.165, 1.54) is 0 Å². The zero-order chi connectivity index (χ0) is 12.8. The average molecular weight is 236 g/mol. The molecule has 0 heterocycles. The van der Waals surface area contributed by atoms with Gasteiger partial charge < -0.3 is 4.74 Å². The quantitative estimate of drug-likeness (QED) is 0.458.